The normalized spacial score (nSPS) is 18.8. The Labute approximate surface area is 160 Å². The average molecular weight is 382 g/mol. The number of halogens is 1. The minimum Gasteiger partial charge on any atom is -0.347 e. The van der Waals surface area contributed by atoms with Crippen molar-refractivity contribution in [2.75, 3.05) is 26.3 Å². The van der Waals surface area contributed by atoms with Gasteiger partial charge in [-0.2, -0.15) is 5.10 Å². The Hall–Kier alpha value is -2.84. The van der Waals surface area contributed by atoms with E-state index in [1.165, 1.54) is 12.1 Å². The molecule has 0 radical (unpaired) electrons. The Morgan fingerprint density at radius 1 is 1.07 bits per heavy atom. The standard InChI is InChI=1S/C20H19FN4O3/c21-15-3-1-14(2-4-15)17-5-8-22-18-16(13-23-25(17)18)19(26)24-9-6-20(7-10-24)27-11-12-28-20/h1-5,8,13H,6-7,9-12H2. The number of piperidine rings is 1. The molecule has 2 aliphatic heterocycles. The average Bonchev–Trinajstić information content (AvgIpc) is 3.36. The molecule has 28 heavy (non-hydrogen) atoms. The first-order chi connectivity index (χ1) is 13.7. The summed E-state index contributed by atoms with van der Waals surface area (Å²) in [6.45, 7) is 2.35. The molecule has 2 fully saturated rings. The van der Waals surface area contributed by atoms with Gasteiger partial charge in [0.15, 0.2) is 11.4 Å². The zero-order valence-electron chi connectivity index (χ0n) is 15.2. The van der Waals surface area contributed by atoms with Crippen molar-refractivity contribution in [3.05, 3.63) is 54.1 Å². The lowest BCUT2D eigenvalue weighted by Crippen LogP contribution is -2.47. The molecule has 0 aliphatic carbocycles. The number of hydrogen-bond donors (Lipinski definition) is 0. The Bertz CT molecular complexity index is 1020. The first-order valence-corrected chi connectivity index (χ1v) is 9.31. The van der Waals surface area contributed by atoms with E-state index in [0.29, 0.717) is 50.4 Å². The van der Waals surface area contributed by atoms with Crippen LogP contribution < -0.4 is 0 Å². The van der Waals surface area contributed by atoms with E-state index in [2.05, 4.69) is 10.1 Å². The van der Waals surface area contributed by atoms with Crippen LogP contribution in [0.1, 0.15) is 23.2 Å². The molecule has 0 N–H and O–H groups in total. The van der Waals surface area contributed by atoms with Gasteiger partial charge in [0, 0.05) is 37.7 Å². The first-order valence-electron chi connectivity index (χ1n) is 9.31. The van der Waals surface area contributed by atoms with E-state index < -0.39 is 5.79 Å². The Morgan fingerprint density at radius 3 is 2.50 bits per heavy atom. The van der Waals surface area contributed by atoms with Crippen LogP contribution in [0.25, 0.3) is 16.9 Å². The molecule has 1 amide bonds. The smallest absolute Gasteiger partial charge is 0.259 e. The summed E-state index contributed by atoms with van der Waals surface area (Å²) in [4.78, 5) is 19.2. The maximum atomic E-state index is 13.2. The summed E-state index contributed by atoms with van der Waals surface area (Å²) in [6, 6.07) is 7.95. The molecule has 0 bridgehead atoms. The van der Waals surface area contributed by atoms with Gasteiger partial charge < -0.3 is 14.4 Å². The highest BCUT2D eigenvalue weighted by atomic mass is 19.1. The van der Waals surface area contributed by atoms with Crippen molar-refractivity contribution in [1.29, 1.82) is 0 Å². The summed E-state index contributed by atoms with van der Waals surface area (Å²) in [5, 5.41) is 4.37. The summed E-state index contributed by atoms with van der Waals surface area (Å²) < 4.78 is 26.3. The summed E-state index contributed by atoms with van der Waals surface area (Å²) >= 11 is 0. The lowest BCUT2D eigenvalue weighted by atomic mass is 10.0. The second kappa shape index (κ2) is 6.65. The van der Waals surface area contributed by atoms with E-state index in [1.54, 1.807) is 40.0 Å². The molecule has 4 heterocycles. The lowest BCUT2D eigenvalue weighted by molar-refractivity contribution is -0.181. The van der Waals surface area contributed by atoms with Gasteiger partial charge in [0.2, 0.25) is 0 Å². The molecular weight excluding hydrogens is 363 g/mol. The number of ether oxygens (including phenoxy) is 2. The number of amides is 1. The number of benzene rings is 1. The van der Waals surface area contributed by atoms with Crippen molar-refractivity contribution in [1.82, 2.24) is 19.5 Å². The molecule has 3 aromatic rings. The van der Waals surface area contributed by atoms with Gasteiger partial charge in [0.1, 0.15) is 11.4 Å². The predicted molar refractivity (Wildman–Crippen MR) is 98.2 cm³/mol. The van der Waals surface area contributed by atoms with Crippen LogP contribution in [0.15, 0.2) is 42.7 Å². The maximum Gasteiger partial charge on any atom is 0.259 e. The molecule has 0 atom stereocenters. The molecule has 8 heteroatoms. The van der Waals surface area contributed by atoms with E-state index in [0.717, 1.165) is 11.3 Å². The van der Waals surface area contributed by atoms with Gasteiger partial charge in [-0.1, -0.05) is 0 Å². The van der Waals surface area contributed by atoms with Crippen LogP contribution in [0.4, 0.5) is 4.39 Å². The van der Waals surface area contributed by atoms with Gasteiger partial charge in [-0.25, -0.2) is 13.9 Å². The van der Waals surface area contributed by atoms with Gasteiger partial charge in [-0.3, -0.25) is 4.79 Å². The van der Waals surface area contributed by atoms with Gasteiger partial charge in [0.05, 0.1) is 25.1 Å². The fraction of sp³-hybridized carbons (Fsp3) is 0.350. The summed E-state index contributed by atoms with van der Waals surface area (Å²) in [7, 11) is 0. The number of fused-ring (bicyclic) bond motifs is 1. The van der Waals surface area contributed by atoms with E-state index in [-0.39, 0.29) is 11.7 Å². The number of hydrogen-bond acceptors (Lipinski definition) is 5. The first kappa shape index (κ1) is 17.3. The largest absolute Gasteiger partial charge is 0.347 e. The van der Waals surface area contributed by atoms with Crippen molar-refractivity contribution >= 4 is 11.6 Å². The predicted octanol–water partition coefficient (Wildman–Crippen LogP) is 2.51. The SMILES string of the molecule is O=C(c1cnn2c(-c3ccc(F)cc3)ccnc12)N1CCC2(CC1)OCCO2. The van der Waals surface area contributed by atoms with Crippen LogP contribution in [0.3, 0.4) is 0 Å². The van der Waals surface area contributed by atoms with Gasteiger partial charge >= 0.3 is 0 Å². The maximum absolute atomic E-state index is 13.2. The Kier molecular flexibility index (Phi) is 4.10. The van der Waals surface area contributed by atoms with Crippen LogP contribution in [-0.2, 0) is 9.47 Å². The summed E-state index contributed by atoms with van der Waals surface area (Å²) in [5.41, 5.74) is 2.48. The highest BCUT2D eigenvalue weighted by molar-refractivity contribution is 6.00. The number of carbonyl (C=O) groups is 1. The van der Waals surface area contributed by atoms with E-state index in [1.807, 2.05) is 0 Å². The highest BCUT2D eigenvalue weighted by Crippen LogP contribution is 2.32. The molecule has 1 aromatic carbocycles. The molecule has 0 saturated carbocycles. The lowest BCUT2D eigenvalue weighted by Gasteiger charge is -2.37. The van der Waals surface area contributed by atoms with E-state index >= 15 is 0 Å². The highest BCUT2D eigenvalue weighted by Gasteiger charge is 2.41. The van der Waals surface area contributed by atoms with Crippen molar-refractivity contribution in [2.45, 2.75) is 18.6 Å². The number of rotatable bonds is 2. The van der Waals surface area contributed by atoms with Crippen molar-refractivity contribution in [3.8, 4) is 11.3 Å². The van der Waals surface area contributed by atoms with Crippen LogP contribution >= 0.6 is 0 Å². The number of nitrogens with zero attached hydrogens (tertiary/aromatic N) is 4. The van der Waals surface area contributed by atoms with Crippen LogP contribution in [0, 0.1) is 5.82 Å². The fourth-order valence-electron chi connectivity index (χ4n) is 3.89. The summed E-state index contributed by atoms with van der Waals surface area (Å²) in [6.07, 6.45) is 4.50. The van der Waals surface area contributed by atoms with Crippen LogP contribution in [0.5, 0.6) is 0 Å². The van der Waals surface area contributed by atoms with Gasteiger partial charge in [0.25, 0.3) is 5.91 Å². The third-order valence-electron chi connectivity index (χ3n) is 5.40. The molecule has 2 aromatic heterocycles. The van der Waals surface area contributed by atoms with Crippen molar-refractivity contribution in [3.63, 3.8) is 0 Å². The van der Waals surface area contributed by atoms with Gasteiger partial charge in [-0.05, 0) is 30.3 Å². The van der Waals surface area contributed by atoms with Crippen LogP contribution in [0.2, 0.25) is 0 Å². The number of aromatic nitrogens is 3. The second-order valence-electron chi connectivity index (χ2n) is 7.03. The minimum absolute atomic E-state index is 0.105. The van der Waals surface area contributed by atoms with E-state index in [9.17, 15) is 9.18 Å². The molecule has 5 rings (SSSR count). The number of likely N-dealkylation sites (tertiary alicyclic amines) is 1. The molecule has 2 saturated heterocycles. The molecular formula is C20H19FN4O3. The quantitative estimate of drug-likeness (QED) is 0.681. The topological polar surface area (TPSA) is 69.0 Å². The minimum atomic E-state index is -0.522. The van der Waals surface area contributed by atoms with Crippen molar-refractivity contribution in [2.24, 2.45) is 0 Å². The molecule has 2 aliphatic rings. The zero-order valence-corrected chi connectivity index (χ0v) is 15.2. The van der Waals surface area contributed by atoms with Crippen LogP contribution in [-0.4, -0.2) is 57.5 Å². The van der Waals surface area contributed by atoms with Crippen molar-refractivity contribution < 1.29 is 18.7 Å². The Morgan fingerprint density at radius 2 is 1.79 bits per heavy atom. The zero-order chi connectivity index (χ0) is 19.1. The Balaban J connectivity index is 1.43. The third kappa shape index (κ3) is 2.85. The molecule has 0 unspecified atom stereocenters. The third-order valence-corrected chi connectivity index (χ3v) is 5.40. The molecule has 1 spiro atoms. The van der Waals surface area contributed by atoms with E-state index in [4.69, 9.17) is 9.47 Å². The molecule has 144 valence electrons. The summed E-state index contributed by atoms with van der Waals surface area (Å²) in [5.74, 6) is -0.929. The monoisotopic (exact) mass is 382 g/mol. The number of carbonyl (C=O) groups excluding carboxylic acids is 1. The second-order valence-corrected chi connectivity index (χ2v) is 7.03. The molecule has 7 nitrogen and oxygen atoms in total. The van der Waals surface area contributed by atoms with Gasteiger partial charge in [-0.15, -0.1) is 0 Å². The fourth-order valence-corrected chi connectivity index (χ4v) is 3.89.